The van der Waals surface area contributed by atoms with Crippen LogP contribution in [0.15, 0.2) is 186 Å². The van der Waals surface area contributed by atoms with Gasteiger partial charge in [-0.15, -0.1) is 0 Å². The van der Waals surface area contributed by atoms with Crippen molar-refractivity contribution < 1.29 is 4.42 Å². The number of hydrogen-bond donors (Lipinski definition) is 0. The molecule has 0 amide bonds. The summed E-state index contributed by atoms with van der Waals surface area (Å²) in [7, 11) is 0. The van der Waals surface area contributed by atoms with E-state index in [4.69, 9.17) is 4.42 Å². The Morgan fingerprint density at radius 1 is 0.510 bits per heavy atom. The lowest BCUT2D eigenvalue weighted by Crippen LogP contribution is -2.34. The molecule has 0 fully saturated rings. The van der Waals surface area contributed by atoms with Gasteiger partial charge in [0.15, 0.2) is 0 Å². The predicted octanol–water partition coefficient (Wildman–Crippen LogP) is 12.5. The molecule has 1 heterocycles. The largest absolute Gasteiger partial charge is 0.455 e. The fourth-order valence-corrected chi connectivity index (χ4v) is 9.41. The van der Waals surface area contributed by atoms with Gasteiger partial charge in [0.2, 0.25) is 0 Å². The van der Waals surface area contributed by atoms with Crippen LogP contribution in [0.1, 0.15) is 34.2 Å². The number of hydrogen-bond acceptors (Lipinski definition) is 2. The molecule has 7 aromatic carbocycles. The molecule has 1 unspecified atom stereocenters. The molecule has 51 heavy (non-hydrogen) atoms. The Labute approximate surface area is 297 Å². The maximum Gasteiger partial charge on any atom is 0.143 e. The van der Waals surface area contributed by atoms with Crippen molar-refractivity contribution in [3.05, 3.63) is 210 Å². The number of benzene rings is 7. The molecule has 0 radical (unpaired) electrons. The molecule has 0 saturated heterocycles. The zero-order chi connectivity index (χ0) is 33.5. The highest BCUT2D eigenvalue weighted by atomic mass is 16.3. The molecule has 3 aliphatic rings. The molecular formula is C49H33NO. The number of furan rings is 1. The van der Waals surface area contributed by atoms with Crippen molar-refractivity contribution in [1.82, 2.24) is 0 Å². The fraction of sp³-hybridized carbons (Fsp3) is 0.0612. The Morgan fingerprint density at radius 2 is 1.08 bits per heavy atom. The van der Waals surface area contributed by atoms with Crippen LogP contribution in [0.5, 0.6) is 0 Å². The van der Waals surface area contributed by atoms with Crippen molar-refractivity contribution in [3.8, 4) is 22.3 Å². The van der Waals surface area contributed by atoms with Crippen molar-refractivity contribution in [2.45, 2.75) is 17.9 Å². The van der Waals surface area contributed by atoms with Gasteiger partial charge in [-0.05, 0) is 75.2 Å². The third-order valence-electron chi connectivity index (χ3n) is 11.4. The number of fused-ring (bicyclic) bond motifs is 13. The van der Waals surface area contributed by atoms with Gasteiger partial charge in [-0.1, -0.05) is 158 Å². The molecule has 0 bridgehead atoms. The first-order valence-electron chi connectivity index (χ1n) is 17.9. The third-order valence-corrected chi connectivity index (χ3v) is 11.4. The van der Waals surface area contributed by atoms with Crippen molar-refractivity contribution in [2.75, 3.05) is 4.90 Å². The molecule has 240 valence electrons. The summed E-state index contributed by atoms with van der Waals surface area (Å²) in [5, 5.41) is 2.32. The smallest absolute Gasteiger partial charge is 0.143 e. The van der Waals surface area contributed by atoms with Crippen LogP contribution in [0.3, 0.4) is 0 Å². The highest BCUT2D eigenvalue weighted by molar-refractivity contribution is 6.09. The Morgan fingerprint density at radius 3 is 1.78 bits per heavy atom. The maximum absolute atomic E-state index is 6.46. The zero-order valence-corrected chi connectivity index (χ0v) is 28.0. The van der Waals surface area contributed by atoms with Gasteiger partial charge in [0, 0.05) is 33.3 Å². The first kappa shape index (κ1) is 28.5. The summed E-state index contributed by atoms with van der Waals surface area (Å²) in [6.45, 7) is 0. The second-order valence-electron chi connectivity index (χ2n) is 13.9. The van der Waals surface area contributed by atoms with Crippen molar-refractivity contribution in [3.63, 3.8) is 0 Å². The highest BCUT2D eigenvalue weighted by Gasteiger charge is 2.53. The molecule has 2 nitrogen and oxygen atoms in total. The normalized spacial score (nSPS) is 16.2. The predicted molar refractivity (Wildman–Crippen MR) is 211 cm³/mol. The fourth-order valence-electron chi connectivity index (χ4n) is 9.41. The quantitative estimate of drug-likeness (QED) is 0.188. The number of rotatable bonds is 4. The SMILES string of the molecule is C1=CC(N(c2ccccc2)c2cccc3c2C2(c4ccccc4-c4ccccc42)c2ccccc2-3)CC=C1c1cccc2c1oc1ccccc12. The van der Waals surface area contributed by atoms with Crippen LogP contribution in [0.2, 0.25) is 0 Å². The summed E-state index contributed by atoms with van der Waals surface area (Å²) in [5.41, 5.74) is 16.9. The van der Waals surface area contributed by atoms with Crippen LogP contribution in [-0.2, 0) is 5.41 Å². The van der Waals surface area contributed by atoms with E-state index in [9.17, 15) is 0 Å². The van der Waals surface area contributed by atoms with Gasteiger partial charge < -0.3 is 9.32 Å². The average Bonchev–Trinajstić information content (AvgIpc) is 3.83. The molecule has 3 aliphatic carbocycles. The van der Waals surface area contributed by atoms with Gasteiger partial charge in [-0.2, -0.15) is 0 Å². The van der Waals surface area contributed by atoms with Crippen LogP contribution in [-0.4, -0.2) is 6.04 Å². The number of nitrogens with zero attached hydrogens (tertiary/aromatic N) is 1. The Bertz CT molecular complexity index is 2680. The average molecular weight is 652 g/mol. The minimum Gasteiger partial charge on any atom is -0.455 e. The molecule has 1 spiro atoms. The van der Waals surface area contributed by atoms with Crippen LogP contribution in [0.25, 0.3) is 49.8 Å². The van der Waals surface area contributed by atoms with Crippen LogP contribution < -0.4 is 4.90 Å². The summed E-state index contributed by atoms with van der Waals surface area (Å²) in [4.78, 5) is 2.58. The standard InChI is InChI=1S/C49H33NO/c1-2-14-33(15-3-1)50(34-30-28-32(29-31-34)35-20-12-22-41-39-19-7-11-27-46(39)51-48(35)41)45-26-13-21-40-38-18-6-10-25-44(38)49(47(40)45)42-23-8-4-16-36(42)37-17-5-9-24-43(37)49/h1-30,34H,31H2. The summed E-state index contributed by atoms with van der Waals surface area (Å²) >= 11 is 0. The van der Waals surface area contributed by atoms with E-state index in [2.05, 4.69) is 181 Å². The summed E-state index contributed by atoms with van der Waals surface area (Å²) < 4.78 is 6.46. The van der Waals surface area contributed by atoms with E-state index < -0.39 is 5.41 Å². The number of anilines is 2. The second kappa shape index (κ2) is 10.8. The molecule has 1 atom stereocenters. The summed E-state index contributed by atoms with van der Waals surface area (Å²) in [5.74, 6) is 0. The number of allylic oxidation sites excluding steroid dienone is 2. The lowest BCUT2D eigenvalue weighted by atomic mass is 9.70. The van der Waals surface area contributed by atoms with E-state index in [1.807, 2.05) is 6.07 Å². The van der Waals surface area contributed by atoms with Gasteiger partial charge in [-0.3, -0.25) is 0 Å². The second-order valence-corrected chi connectivity index (χ2v) is 13.9. The van der Waals surface area contributed by atoms with Crippen LogP contribution in [0.4, 0.5) is 11.4 Å². The van der Waals surface area contributed by atoms with Gasteiger partial charge in [0.05, 0.1) is 11.5 Å². The van der Waals surface area contributed by atoms with Crippen LogP contribution >= 0.6 is 0 Å². The van der Waals surface area contributed by atoms with Crippen molar-refractivity contribution >= 4 is 38.9 Å². The van der Waals surface area contributed by atoms with Gasteiger partial charge in [-0.25, -0.2) is 0 Å². The van der Waals surface area contributed by atoms with Crippen LogP contribution in [0, 0.1) is 0 Å². The van der Waals surface area contributed by atoms with Crippen molar-refractivity contribution in [1.29, 1.82) is 0 Å². The topological polar surface area (TPSA) is 16.4 Å². The van der Waals surface area contributed by atoms with E-state index in [1.165, 1.54) is 61.5 Å². The minimum absolute atomic E-state index is 0.102. The van der Waals surface area contributed by atoms with E-state index in [0.717, 1.165) is 33.9 Å². The molecule has 0 saturated carbocycles. The molecule has 8 aromatic rings. The van der Waals surface area contributed by atoms with E-state index >= 15 is 0 Å². The van der Waals surface area contributed by atoms with Gasteiger partial charge in [0.1, 0.15) is 11.2 Å². The first-order chi connectivity index (χ1) is 25.3. The van der Waals surface area contributed by atoms with Crippen molar-refractivity contribution in [2.24, 2.45) is 0 Å². The van der Waals surface area contributed by atoms with Gasteiger partial charge >= 0.3 is 0 Å². The van der Waals surface area contributed by atoms with Gasteiger partial charge in [0.25, 0.3) is 0 Å². The maximum atomic E-state index is 6.46. The van der Waals surface area contributed by atoms with E-state index in [0.29, 0.717) is 0 Å². The van der Waals surface area contributed by atoms with E-state index in [1.54, 1.807) is 0 Å². The monoisotopic (exact) mass is 651 g/mol. The lowest BCUT2D eigenvalue weighted by Gasteiger charge is -2.39. The Balaban J connectivity index is 1.11. The zero-order valence-electron chi connectivity index (χ0n) is 28.0. The minimum atomic E-state index is -0.431. The molecule has 11 rings (SSSR count). The lowest BCUT2D eigenvalue weighted by molar-refractivity contribution is 0.667. The Kier molecular flexibility index (Phi) is 6.03. The summed E-state index contributed by atoms with van der Waals surface area (Å²) in [6.07, 6.45) is 7.96. The van der Waals surface area contributed by atoms with E-state index in [-0.39, 0.29) is 6.04 Å². The highest BCUT2D eigenvalue weighted by Crippen LogP contribution is 2.65. The molecule has 1 aromatic heterocycles. The molecule has 2 heteroatoms. The third kappa shape index (κ3) is 3.88. The molecule has 0 aliphatic heterocycles. The summed E-state index contributed by atoms with van der Waals surface area (Å²) in [6, 6.07) is 60.0. The Hall–Kier alpha value is -6.38. The molecular weight excluding hydrogens is 619 g/mol. The molecule has 0 N–H and O–H groups in total. The first-order valence-corrected chi connectivity index (χ1v) is 17.9. The number of para-hydroxylation sites is 3.